The van der Waals surface area contributed by atoms with Crippen LogP contribution in [0.4, 0.5) is 0 Å². The fourth-order valence-electron chi connectivity index (χ4n) is 2.23. The average Bonchev–Trinajstić information content (AvgIpc) is 2.65. The predicted molar refractivity (Wildman–Crippen MR) is 124 cm³/mol. The Morgan fingerprint density at radius 1 is 0.800 bits per heavy atom. The minimum Gasteiger partial charge on any atom is -0.497 e. The zero-order valence-electron chi connectivity index (χ0n) is 14.9. The van der Waals surface area contributed by atoms with E-state index in [-0.39, 0.29) is 0 Å². The van der Waals surface area contributed by atoms with E-state index in [1.807, 2.05) is 35.7 Å². The summed E-state index contributed by atoms with van der Waals surface area (Å²) < 4.78 is 6.66. The van der Waals surface area contributed by atoms with E-state index >= 15 is 0 Å². The topological polar surface area (TPSA) is 9.23 Å². The van der Waals surface area contributed by atoms with Crippen LogP contribution in [0.25, 0.3) is 6.08 Å². The molecule has 2 rings (SSSR count). The van der Waals surface area contributed by atoms with Gasteiger partial charge in [-0.1, -0.05) is 24.3 Å². The predicted octanol–water partition coefficient (Wildman–Crippen LogP) is 6.67. The van der Waals surface area contributed by atoms with Crippen molar-refractivity contribution in [2.24, 2.45) is 0 Å². The van der Waals surface area contributed by atoms with Gasteiger partial charge in [0.25, 0.3) is 0 Å². The lowest BCUT2D eigenvalue weighted by Gasteiger charge is -2.08. The van der Waals surface area contributed by atoms with Crippen molar-refractivity contribution in [1.29, 1.82) is 0 Å². The highest BCUT2D eigenvalue weighted by Gasteiger charge is 2.01. The Morgan fingerprint density at radius 3 is 1.92 bits per heavy atom. The number of hydrogen-bond donors (Lipinski definition) is 0. The monoisotopic (exact) mass is 412 g/mol. The molecule has 1 heterocycles. The van der Waals surface area contributed by atoms with Crippen LogP contribution in [0.2, 0.25) is 0 Å². The van der Waals surface area contributed by atoms with Gasteiger partial charge < -0.3 is 4.74 Å². The molecule has 0 amide bonds. The Labute approximate surface area is 170 Å². The van der Waals surface area contributed by atoms with Crippen molar-refractivity contribution in [2.75, 3.05) is 41.6 Å². The molecule has 1 nitrogen and oxygen atoms in total. The summed E-state index contributed by atoms with van der Waals surface area (Å²) in [6.45, 7) is 0. The minimum absolute atomic E-state index is 0.906. The molecule has 1 saturated heterocycles. The molecule has 0 aromatic heterocycles. The standard InChI is InChI=1S/C20H28OS4/c1-21-19-10-8-18(9-11-19)6-2-7-20-24-16-4-14-22-12-3-13-23-15-5-17-25-20/h2,6-11H,3-5,12-17H2,1H3/b6-2+. The molecule has 1 fully saturated rings. The molecule has 0 unspecified atom stereocenters. The highest BCUT2D eigenvalue weighted by atomic mass is 32.2. The Kier molecular flexibility index (Phi) is 11.9. The number of hydrogen-bond acceptors (Lipinski definition) is 5. The summed E-state index contributed by atoms with van der Waals surface area (Å²) in [6.07, 6.45) is 10.6. The third-order valence-corrected chi connectivity index (χ3v) is 8.41. The van der Waals surface area contributed by atoms with Crippen molar-refractivity contribution in [2.45, 2.75) is 19.3 Å². The number of rotatable bonds is 3. The molecule has 5 heteroatoms. The van der Waals surface area contributed by atoms with Gasteiger partial charge in [-0.25, -0.2) is 0 Å². The zero-order chi connectivity index (χ0) is 17.6. The van der Waals surface area contributed by atoms with E-state index in [4.69, 9.17) is 4.74 Å². The molecule has 0 atom stereocenters. The largest absolute Gasteiger partial charge is 0.497 e. The second-order valence-electron chi connectivity index (χ2n) is 5.60. The number of thioether (sulfide) groups is 4. The lowest BCUT2D eigenvalue weighted by atomic mass is 10.2. The number of ether oxygens (including phenoxy) is 1. The first kappa shape index (κ1) is 21.2. The highest BCUT2D eigenvalue weighted by Crippen LogP contribution is 2.30. The van der Waals surface area contributed by atoms with Gasteiger partial charge in [0, 0.05) is 4.24 Å². The number of allylic oxidation sites excluding steroid dienone is 2. The van der Waals surface area contributed by atoms with Crippen molar-refractivity contribution in [3.63, 3.8) is 0 Å². The fraction of sp³-hybridized carbons (Fsp3) is 0.500. The molecule has 1 aliphatic rings. The van der Waals surface area contributed by atoms with Gasteiger partial charge in [-0.05, 0) is 77.6 Å². The third-order valence-electron chi connectivity index (χ3n) is 3.57. The lowest BCUT2D eigenvalue weighted by molar-refractivity contribution is 0.415. The van der Waals surface area contributed by atoms with Crippen LogP contribution < -0.4 is 4.74 Å². The Bertz CT molecular complexity index is 509. The number of methoxy groups -OCH3 is 1. The number of benzene rings is 1. The quantitative estimate of drug-likeness (QED) is 0.547. The molecule has 1 aromatic carbocycles. The van der Waals surface area contributed by atoms with Crippen molar-refractivity contribution >= 4 is 53.1 Å². The van der Waals surface area contributed by atoms with Gasteiger partial charge in [-0.15, -0.1) is 23.5 Å². The molecule has 0 saturated carbocycles. The van der Waals surface area contributed by atoms with E-state index in [0.717, 1.165) is 5.75 Å². The van der Waals surface area contributed by atoms with Gasteiger partial charge in [-0.3, -0.25) is 0 Å². The smallest absolute Gasteiger partial charge is 0.118 e. The second kappa shape index (κ2) is 14.0. The van der Waals surface area contributed by atoms with Crippen molar-refractivity contribution in [1.82, 2.24) is 0 Å². The van der Waals surface area contributed by atoms with Crippen molar-refractivity contribution < 1.29 is 4.74 Å². The molecule has 25 heavy (non-hydrogen) atoms. The highest BCUT2D eigenvalue weighted by molar-refractivity contribution is 8.22. The summed E-state index contributed by atoms with van der Waals surface area (Å²) in [5.41, 5.74) is 1.21. The molecule has 0 aliphatic carbocycles. The van der Waals surface area contributed by atoms with Gasteiger partial charge in [0.1, 0.15) is 5.75 Å². The first-order valence-corrected chi connectivity index (χ1v) is 13.1. The van der Waals surface area contributed by atoms with Crippen molar-refractivity contribution in [3.8, 4) is 5.75 Å². The lowest BCUT2D eigenvalue weighted by Crippen LogP contribution is -1.92. The zero-order valence-corrected chi connectivity index (χ0v) is 18.2. The van der Waals surface area contributed by atoms with Gasteiger partial charge in [-0.2, -0.15) is 23.5 Å². The van der Waals surface area contributed by atoms with Gasteiger partial charge >= 0.3 is 0 Å². The summed E-state index contributed by atoms with van der Waals surface area (Å²) in [7, 11) is 1.70. The maximum absolute atomic E-state index is 5.21. The molecular formula is C20H28OS4. The van der Waals surface area contributed by atoms with E-state index in [1.165, 1.54) is 63.6 Å². The van der Waals surface area contributed by atoms with E-state index in [9.17, 15) is 0 Å². The van der Waals surface area contributed by atoms with Crippen molar-refractivity contribution in [3.05, 3.63) is 46.2 Å². The average molecular weight is 413 g/mol. The van der Waals surface area contributed by atoms with Crippen LogP contribution in [0, 0.1) is 0 Å². The maximum atomic E-state index is 5.21. The summed E-state index contributed by atoms with van der Waals surface area (Å²) in [5, 5.41) is 0. The molecule has 1 aromatic rings. The van der Waals surface area contributed by atoms with E-state index in [1.54, 1.807) is 7.11 Å². The van der Waals surface area contributed by atoms with Gasteiger partial charge in [0.2, 0.25) is 0 Å². The van der Waals surface area contributed by atoms with E-state index in [2.05, 4.69) is 53.9 Å². The molecule has 138 valence electrons. The molecule has 0 radical (unpaired) electrons. The summed E-state index contributed by atoms with van der Waals surface area (Å²) in [5.74, 6) is 8.64. The van der Waals surface area contributed by atoms with Crippen LogP contribution in [-0.2, 0) is 0 Å². The van der Waals surface area contributed by atoms with Crippen LogP contribution in [0.1, 0.15) is 24.8 Å². The summed E-state index contributed by atoms with van der Waals surface area (Å²) >= 11 is 8.29. The first-order chi connectivity index (χ1) is 12.4. The summed E-state index contributed by atoms with van der Waals surface area (Å²) in [4.78, 5) is 0. The Balaban J connectivity index is 1.86. The Morgan fingerprint density at radius 2 is 1.36 bits per heavy atom. The fourth-order valence-corrected chi connectivity index (χ4v) is 6.74. The van der Waals surface area contributed by atoms with E-state index < -0.39 is 0 Å². The van der Waals surface area contributed by atoms with Crippen LogP contribution in [0.5, 0.6) is 5.75 Å². The van der Waals surface area contributed by atoms with Gasteiger partial charge in [0.05, 0.1) is 7.11 Å². The molecule has 0 N–H and O–H groups in total. The third kappa shape index (κ3) is 9.97. The molecule has 0 spiro atoms. The summed E-state index contributed by atoms with van der Waals surface area (Å²) in [6, 6.07) is 8.20. The first-order valence-electron chi connectivity index (χ1n) is 8.82. The molecule has 0 bridgehead atoms. The van der Waals surface area contributed by atoms with Crippen LogP contribution >= 0.6 is 47.0 Å². The van der Waals surface area contributed by atoms with E-state index in [0.29, 0.717) is 0 Å². The Hall–Kier alpha value is -0.100. The van der Waals surface area contributed by atoms with Gasteiger partial charge in [0.15, 0.2) is 0 Å². The minimum atomic E-state index is 0.906. The maximum Gasteiger partial charge on any atom is 0.118 e. The van der Waals surface area contributed by atoms with Crippen LogP contribution in [0.3, 0.4) is 0 Å². The van der Waals surface area contributed by atoms with Crippen LogP contribution in [0.15, 0.2) is 40.7 Å². The molecular weight excluding hydrogens is 384 g/mol. The second-order valence-corrected chi connectivity index (χ2v) is 10.6. The SMILES string of the molecule is COc1ccc(/C=C/C=C2SCCCSCCCSCCCS2)cc1. The van der Waals surface area contributed by atoms with Crippen LogP contribution in [-0.4, -0.2) is 41.6 Å². The molecule has 1 aliphatic heterocycles. The normalized spacial score (nSPS) is 18.7.